The summed E-state index contributed by atoms with van der Waals surface area (Å²) in [5.74, 6) is 0.830. The van der Waals surface area contributed by atoms with Gasteiger partial charge in [-0.1, -0.05) is 42.5 Å². The summed E-state index contributed by atoms with van der Waals surface area (Å²) >= 11 is 0. The number of rotatable bonds is 4. The second-order valence-electron chi connectivity index (χ2n) is 7.34. The molecule has 0 bridgehead atoms. The zero-order valence-corrected chi connectivity index (χ0v) is 15.9. The van der Waals surface area contributed by atoms with Crippen LogP contribution >= 0.6 is 0 Å². The number of hydrogen-bond acceptors (Lipinski definition) is 4. The first-order valence-electron chi connectivity index (χ1n) is 8.86. The van der Waals surface area contributed by atoms with Crippen LogP contribution in [0.5, 0.6) is 0 Å². The lowest BCUT2D eigenvalue weighted by Crippen LogP contribution is -2.34. The van der Waals surface area contributed by atoms with Crippen molar-refractivity contribution in [3.63, 3.8) is 0 Å². The van der Waals surface area contributed by atoms with E-state index < -0.39 is 0 Å². The topological polar surface area (TPSA) is 40.0 Å². The first-order chi connectivity index (χ1) is 12.4. The van der Waals surface area contributed by atoms with E-state index in [9.17, 15) is 0 Å². The van der Waals surface area contributed by atoms with Gasteiger partial charge in [0.15, 0.2) is 0 Å². The molecule has 1 heterocycles. The van der Waals surface area contributed by atoms with Gasteiger partial charge >= 0.3 is 0 Å². The standard InChI is InChI=1S/C22H26N4/c1-22(2)16-18-9-5-6-10-20(18)21(24-22)25-23-15-7-8-17-11-13-19(14-12-17)26(3)4/h5-15H,16H2,1-4H3,(H,24,25)/b8-7+,23-15+. The van der Waals surface area contributed by atoms with Crippen LogP contribution in [0.25, 0.3) is 6.08 Å². The molecule has 0 aromatic heterocycles. The molecule has 0 fully saturated rings. The summed E-state index contributed by atoms with van der Waals surface area (Å²) in [7, 11) is 4.08. The Balaban J connectivity index is 1.65. The number of benzene rings is 2. The van der Waals surface area contributed by atoms with Gasteiger partial charge in [-0.3, -0.25) is 10.4 Å². The molecule has 1 aliphatic heterocycles. The van der Waals surface area contributed by atoms with Crippen LogP contribution in [0.3, 0.4) is 0 Å². The normalized spacial score (nSPS) is 15.8. The molecule has 4 nitrogen and oxygen atoms in total. The molecule has 2 aromatic rings. The van der Waals surface area contributed by atoms with E-state index in [2.05, 4.69) is 71.7 Å². The highest BCUT2D eigenvalue weighted by Gasteiger charge is 2.26. The first kappa shape index (κ1) is 17.9. The van der Waals surface area contributed by atoms with E-state index >= 15 is 0 Å². The van der Waals surface area contributed by atoms with Crippen molar-refractivity contribution < 1.29 is 0 Å². The van der Waals surface area contributed by atoms with E-state index in [1.807, 2.05) is 32.3 Å². The average molecular weight is 346 g/mol. The molecule has 26 heavy (non-hydrogen) atoms. The Morgan fingerprint density at radius 3 is 2.54 bits per heavy atom. The first-order valence-corrected chi connectivity index (χ1v) is 8.86. The van der Waals surface area contributed by atoms with Crippen LogP contribution in [0.4, 0.5) is 5.69 Å². The zero-order chi connectivity index (χ0) is 18.6. The van der Waals surface area contributed by atoms with Crippen LogP contribution in [0, 0.1) is 0 Å². The number of amidine groups is 1. The van der Waals surface area contributed by atoms with Crippen molar-refractivity contribution in [1.29, 1.82) is 0 Å². The molecule has 1 N–H and O–H groups in total. The second-order valence-corrected chi connectivity index (χ2v) is 7.34. The molecule has 0 amide bonds. The highest BCUT2D eigenvalue weighted by atomic mass is 15.3. The third-order valence-corrected chi connectivity index (χ3v) is 4.34. The molecule has 2 aromatic carbocycles. The molecule has 0 saturated heterocycles. The maximum Gasteiger partial charge on any atom is 0.149 e. The van der Waals surface area contributed by atoms with Gasteiger partial charge < -0.3 is 4.90 Å². The maximum atomic E-state index is 4.80. The van der Waals surface area contributed by atoms with Crippen LogP contribution in [0.15, 0.2) is 64.7 Å². The van der Waals surface area contributed by atoms with Crippen molar-refractivity contribution in [1.82, 2.24) is 5.43 Å². The van der Waals surface area contributed by atoms with Crippen molar-refractivity contribution in [2.24, 2.45) is 10.1 Å². The van der Waals surface area contributed by atoms with Crippen LogP contribution in [0.2, 0.25) is 0 Å². The van der Waals surface area contributed by atoms with Crippen molar-refractivity contribution in [3.8, 4) is 0 Å². The molecule has 0 unspecified atom stereocenters. The predicted molar refractivity (Wildman–Crippen MR) is 112 cm³/mol. The van der Waals surface area contributed by atoms with E-state index in [0.29, 0.717) is 0 Å². The van der Waals surface area contributed by atoms with E-state index in [1.54, 1.807) is 6.21 Å². The zero-order valence-electron chi connectivity index (χ0n) is 15.9. The minimum Gasteiger partial charge on any atom is -0.378 e. The molecular weight excluding hydrogens is 320 g/mol. The number of fused-ring (bicyclic) bond motifs is 1. The number of allylic oxidation sites excluding steroid dienone is 1. The second kappa shape index (κ2) is 7.56. The number of hydrazone groups is 1. The highest BCUT2D eigenvalue weighted by molar-refractivity contribution is 6.01. The van der Waals surface area contributed by atoms with Crippen molar-refractivity contribution in [3.05, 3.63) is 71.3 Å². The Labute approximate surface area is 156 Å². The lowest BCUT2D eigenvalue weighted by molar-refractivity contribution is 0.509. The van der Waals surface area contributed by atoms with Crippen LogP contribution in [-0.2, 0) is 6.42 Å². The van der Waals surface area contributed by atoms with Gasteiger partial charge in [0, 0.05) is 31.6 Å². The van der Waals surface area contributed by atoms with Gasteiger partial charge in [-0.2, -0.15) is 5.10 Å². The van der Waals surface area contributed by atoms with E-state index in [1.165, 1.54) is 11.3 Å². The van der Waals surface area contributed by atoms with Crippen molar-refractivity contribution in [2.45, 2.75) is 25.8 Å². The average Bonchev–Trinajstić information content (AvgIpc) is 2.60. The summed E-state index contributed by atoms with van der Waals surface area (Å²) in [6, 6.07) is 16.8. The van der Waals surface area contributed by atoms with Crippen LogP contribution < -0.4 is 10.3 Å². The van der Waals surface area contributed by atoms with Gasteiger partial charge in [-0.25, -0.2) is 0 Å². The van der Waals surface area contributed by atoms with Crippen molar-refractivity contribution >= 4 is 23.8 Å². The molecule has 0 spiro atoms. The highest BCUT2D eigenvalue weighted by Crippen LogP contribution is 2.25. The fourth-order valence-corrected chi connectivity index (χ4v) is 3.04. The van der Waals surface area contributed by atoms with Gasteiger partial charge in [0.1, 0.15) is 5.84 Å². The molecule has 3 rings (SSSR count). The fraction of sp³-hybridized carbons (Fsp3) is 0.273. The Morgan fingerprint density at radius 2 is 1.81 bits per heavy atom. The summed E-state index contributed by atoms with van der Waals surface area (Å²) in [5.41, 5.74) is 7.76. The lowest BCUT2D eigenvalue weighted by atomic mass is 9.89. The third kappa shape index (κ3) is 4.39. The van der Waals surface area contributed by atoms with Gasteiger partial charge in [0.25, 0.3) is 0 Å². The summed E-state index contributed by atoms with van der Waals surface area (Å²) in [5, 5.41) is 4.32. The molecule has 1 aliphatic rings. The monoisotopic (exact) mass is 346 g/mol. The number of hydrogen-bond donors (Lipinski definition) is 1. The van der Waals surface area contributed by atoms with Gasteiger partial charge in [0.2, 0.25) is 0 Å². The predicted octanol–water partition coefficient (Wildman–Crippen LogP) is 4.12. The molecule has 0 radical (unpaired) electrons. The minimum atomic E-state index is -0.115. The number of nitrogens with one attached hydrogen (secondary N) is 1. The number of nitrogens with zero attached hydrogens (tertiary/aromatic N) is 3. The summed E-state index contributed by atoms with van der Waals surface area (Å²) in [4.78, 5) is 6.89. The SMILES string of the molecule is CN(C)c1ccc(/C=C/C=N/NC2=NC(C)(C)Cc3ccccc32)cc1. The Bertz CT molecular complexity index is 843. The lowest BCUT2D eigenvalue weighted by Gasteiger charge is -2.28. The van der Waals surface area contributed by atoms with E-state index in [0.717, 1.165) is 23.4 Å². The minimum absolute atomic E-state index is 0.115. The summed E-state index contributed by atoms with van der Waals surface area (Å²) in [6.45, 7) is 4.29. The summed E-state index contributed by atoms with van der Waals surface area (Å²) in [6.07, 6.45) is 6.66. The molecule has 134 valence electrons. The maximum absolute atomic E-state index is 4.80. The van der Waals surface area contributed by atoms with Crippen LogP contribution in [0.1, 0.15) is 30.5 Å². The van der Waals surface area contributed by atoms with Gasteiger partial charge in [-0.05, 0) is 49.6 Å². The Kier molecular flexibility index (Phi) is 5.21. The molecule has 4 heteroatoms. The van der Waals surface area contributed by atoms with Gasteiger partial charge in [-0.15, -0.1) is 0 Å². The Morgan fingerprint density at radius 1 is 1.08 bits per heavy atom. The number of anilines is 1. The molecular formula is C22H26N4. The molecule has 0 aliphatic carbocycles. The van der Waals surface area contributed by atoms with Gasteiger partial charge in [0.05, 0.1) is 5.54 Å². The van der Waals surface area contributed by atoms with Crippen LogP contribution in [-0.4, -0.2) is 31.7 Å². The quantitative estimate of drug-likeness (QED) is 0.668. The Hall–Kier alpha value is -2.88. The smallest absolute Gasteiger partial charge is 0.149 e. The van der Waals surface area contributed by atoms with E-state index in [4.69, 9.17) is 4.99 Å². The molecule has 0 saturated carbocycles. The molecule has 0 atom stereocenters. The van der Waals surface area contributed by atoms with Crippen molar-refractivity contribution in [2.75, 3.05) is 19.0 Å². The fourth-order valence-electron chi connectivity index (χ4n) is 3.04. The largest absolute Gasteiger partial charge is 0.378 e. The van der Waals surface area contributed by atoms with E-state index in [-0.39, 0.29) is 5.54 Å². The summed E-state index contributed by atoms with van der Waals surface area (Å²) < 4.78 is 0. The number of aliphatic imine (C=N–C) groups is 1. The third-order valence-electron chi connectivity index (χ3n) is 4.34.